The average Bonchev–Trinajstić information content (AvgIpc) is 2.95. The van der Waals surface area contributed by atoms with E-state index in [9.17, 15) is 14.7 Å². The summed E-state index contributed by atoms with van der Waals surface area (Å²) < 4.78 is 5.36. The van der Waals surface area contributed by atoms with Crippen molar-refractivity contribution in [3.8, 4) is 0 Å². The van der Waals surface area contributed by atoms with Gasteiger partial charge in [0.05, 0.1) is 11.4 Å². The highest BCUT2D eigenvalue weighted by Gasteiger charge is 2.54. The number of hydrazine groups is 1. The highest BCUT2D eigenvalue weighted by Crippen LogP contribution is 2.53. The molecule has 0 aliphatic carbocycles. The molecule has 1 aliphatic rings. The van der Waals surface area contributed by atoms with Gasteiger partial charge in [-0.25, -0.2) is 15.2 Å². The van der Waals surface area contributed by atoms with Crippen LogP contribution in [0.1, 0.15) is 22.3 Å². The van der Waals surface area contributed by atoms with Crippen molar-refractivity contribution >= 4 is 23.8 Å². The molecule has 2 N–H and O–H groups in total. The molecule has 37 heavy (non-hydrogen) atoms. The van der Waals surface area contributed by atoms with Gasteiger partial charge in [0, 0.05) is 0 Å². The molecule has 1 aliphatic heterocycles. The van der Waals surface area contributed by atoms with Gasteiger partial charge in [-0.15, -0.1) is 11.8 Å². The Kier molecular flexibility index (Phi) is 7.25. The van der Waals surface area contributed by atoms with Gasteiger partial charge < -0.3 is 9.84 Å². The molecular formula is C30H26N2O4S. The summed E-state index contributed by atoms with van der Waals surface area (Å²) in [7, 11) is 0. The SMILES string of the molecule is O=C(O)NN1C(=O)C(OCc2ccccc2)C1SC(c1ccccc1)(c1ccccc1)c1ccccc1. The van der Waals surface area contributed by atoms with Crippen LogP contribution < -0.4 is 5.43 Å². The Balaban J connectivity index is 1.59. The number of rotatable bonds is 9. The molecule has 2 amide bonds. The third kappa shape index (κ3) is 4.96. The first-order valence-corrected chi connectivity index (χ1v) is 12.8. The Labute approximate surface area is 219 Å². The molecule has 1 saturated heterocycles. The minimum Gasteiger partial charge on any atom is -0.464 e. The maximum absolute atomic E-state index is 13.1. The molecule has 0 bridgehead atoms. The number of hydrogen-bond donors (Lipinski definition) is 2. The summed E-state index contributed by atoms with van der Waals surface area (Å²) in [6.45, 7) is 0.240. The first kappa shape index (κ1) is 24.6. The molecule has 5 rings (SSSR count). The fourth-order valence-corrected chi connectivity index (χ4v) is 6.35. The number of β-lactam (4-membered cyclic amide) rings is 1. The standard InChI is InChI=1S/C30H26N2O4S/c33-27-26(36-21-22-13-5-1-6-14-22)28(32(27)31-29(34)35)37-30(23-15-7-2-8-16-23,24-17-9-3-10-18-24)25-19-11-4-12-20-25/h1-20,26,28,31H,21H2,(H,34,35). The number of ether oxygens (including phenoxy) is 1. The van der Waals surface area contributed by atoms with E-state index in [1.807, 2.05) is 84.9 Å². The van der Waals surface area contributed by atoms with Crippen LogP contribution in [0.25, 0.3) is 0 Å². The first-order chi connectivity index (χ1) is 18.1. The largest absolute Gasteiger partial charge is 0.464 e. The smallest absolute Gasteiger partial charge is 0.423 e. The zero-order chi connectivity index (χ0) is 25.7. The van der Waals surface area contributed by atoms with Gasteiger partial charge in [-0.1, -0.05) is 121 Å². The summed E-state index contributed by atoms with van der Waals surface area (Å²) >= 11 is 1.49. The van der Waals surface area contributed by atoms with E-state index in [4.69, 9.17) is 4.74 Å². The molecule has 0 radical (unpaired) electrons. The van der Waals surface area contributed by atoms with Crippen LogP contribution in [-0.4, -0.2) is 33.6 Å². The molecule has 1 fully saturated rings. The quantitative estimate of drug-likeness (QED) is 0.225. The number of carboxylic acid groups (broad SMARTS) is 1. The summed E-state index contributed by atoms with van der Waals surface area (Å²) in [5.74, 6) is -0.418. The fourth-order valence-electron chi connectivity index (χ4n) is 4.59. The molecule has 4 aromatic rings. The van der Waals surface area contributed by atoms with Crippen molar-refractivity contribution < 1.29 is 19.4 Å². The van der Waals surface area contributed by atoms with Crippen molar-refractivity contribution in [3.05, 3.63) is 144 Å². The van der Waals surface area contributed by atoms with E-state index in [1.54, 1.807) is 0 Å². The van der Waals surface area contributed by atoms with Gasteiger partial charge >= 0.3 is 6.09 Å². The number of hydrogen-bond acceptors (Lipinski definition) is 4. The third-order valence-electron chi connectivity index (χ3n) is 6.32. The van der Waals surface area contributed by atoms with Crippen LogP contribution in [0.2, 0.25) is 0 Å². The highest BCUT2D eigenvalue weighted by molar-refractivity contribution is 8.01. The molecule has 2 atom stereocenters. The normalized spacial score (nSPS) is 17.2. The number of thioether (sulfide) groups is 1. The lowest BCUT2D eigenvalue weighted by Crippen LogP contribution is -2.70. The molecule has 4 aromatic carbocycles. The number of amides is 2. The van der Waals surface area contributed by atoms with E-state index in [-0.39, 0.29) is 6.61 Å². The third-order valence-corrected chi connectivity index (χ3v) is 8.08. The zero-order valence-electron chi connectivity index (χ0n) is 19.9. The summed E-state index contributed by atoms with van der Waals surface area (Å²) in [5, 5.41) is 10.0. The van der Waals surface area contributed by atoms with Crippen LogP contribution in [0.3, 0.4) is 0 Å². The topological polar surface area (TPSA) is 78.9 Å². The Morgan fingerprint density at radius 2 is 1.22 bits per heavy atom. The van der Waals surface area contributed by atoms with E-state index in [0.29, 0.717) is 0 Å². The fraction of sp³-hybridized carbons (Fsp3) is 0.133. The Morgan fingerprint density at radius 1 is 0.784 bits per heavy atom. The molecular weight excluding hydrogens is 484 g/mol. The minimum atomic E-state index is -1.30. The van der Waals surface area contributed by atoms with Crippen LogP contribution in [0.15, 0.2) is 121 Å². The summed E-state index contributed by atoms with van der Waals surface area (Å²) in [4.78, 5) is 24.7. The van der Waals surface area contributed by atoms with Gasteiger partial charge in [0.2, 0.25) is 0 Å². The Hall–Kier alpha value is -4.07. The monoisotopic (exact) mass is 510 g/mol. The lowest BCUT2D eigenvalue weighted by Gasteiger charge is -2.49. The van der Waals surface area contributed by atoms with Gasteiger partial charge in [-0.3, -0.25) is 4.79 Å². The van der Waals surface area contributed by atoms with Crippen molar-refractivity contribution in [2.24, 2.45) is 0 Å². The highest BCUT2D eigenvalue weighted by atomic mass is 32.2. The molecule has 2 unspecified atom stereocenters. The molecule has 6 nitrogen and oxygen atoms in total. The summed E-state index contributed by atoms with van der Waals surface area (Å²) in [6.07, 6.45) is -2.13. The second kappa shape index (κ2) is 10.9. The Bertz CT molecular complexity index is 1240. The second-order valence-corrected chi connectivity index (χ2v) is 9.96. The average molecular weight is 511 g/mol. The van der Waals surface area contributed by atoms with Crippen LogP contribution >= 0.6 is 11.8 Å². The minimum absolute atomic E-state index is 0.240. The molecule has 1 heterocycles. The van der Waals surface area contributed by atoms with Crippen LogP contribution in [0.5, 0.6) is 0 Å². The molecule has 186 valence electrons. The second-order valence-electron chi connectivity index (χ2n) is 8.63. The number of carbonyl (C=O) groups excluding carboxylic acids is 1. The zero-order valence-corrected chi connectivity index (χ0v) is 20.8. The summed E-state index contributed by atoms with van der Waals surface area (Å²) in [5.41, 5.74) is 6.24. The lowest BCUT2D eigenvalue weighted by molar-refractivity contribution is -0.171. The lowest BCUT2D eigenvalue weighted by atomic mass is 9.84. The molecule has 0 spiro atoms. The number of benzene rings is 4. The first-order valence-electron chi connectivity index (χ1n) is 11.9. The molecule has 0 aromatic heterocycles. The summed E-state index contributed by atoms with van der Waals surface area (Å²) in [6, 6.07) is 39.8. The van der Waals surface area contributed by atoms with Crippen LogP contribution in [-0.2, 0) is 20.9 Å². The van der Waals surface area contributed by atoms with Crippen molar-refractivity contribution in [1.82, 2.24) is 10.4 Å². The van der Waals surface area contributed by atoms with Crippen LogP contribution in [0, 0.1) is 0 Å². The van der Waals surface area contributed by atoms with Crippen molar-refractivity contribution in [3.63, 3.8) is 0 Å². The number of nitrogens with one attached hydrogen (secondary N) is 1. The number of nitrogens with zero attached hydrogens (tertiary/aromatic N) is 1. The van der Waals surface area contributed by atoms with E-state index < -0.39 is 28.2 Å². The van der Waals surface area contributed by atoms with E-state index in [2.05, 4.69) is 41.8 Å². The van der Waals surface area contributed by atoms with Gasteiger partial charge in [-0.05, 0) is 22.3 Å². The van der Waals surface area contributed by atoms with Crippen molar-refractivity contribution in [2.75, 3.05) is 0 Å². The van der Waals surface area contributed by atoms with Crippen LogP contribution in [0.4, 0.5) is 4.79 Å². The predicted octanol–water partition coefficient (Wildman–Crippen LogP) is 5.65. The van der Waals surface area contributed by atoms with E-state index in [1.165, 1.54) is 11.8 Å². The van der Waals surface area contributed by atoms with Crippen molar-refractivity contribution in [2.45, 2.75) is 22.8 Å². The predicted molar refractivity (Wildman–Crippen MR) is 144 cm³/mol. The Morgan fingerprint density at radius 3 is 1.65 bits per heavy atom. The molecule has 7 heteroatoms. The maximum atomic E-state index is 13.1. The van der Waals surface area contributed by atoms with Gasteiger partial charge in [0.15, 0.2) is 6.10 Å². The molecule has 0 saturated carbocycles. The van der Waals surface area contributed by atoms with Gasteiger partial charge in [-0.2, -0.15) is 0 Å². The number of carbonyl (C=O) groups is 2. The van der Waals surface area contributed by atoms with Gasteiger partial charge in [0.1, 0.15) is 5.37 Å². The van der Waals surface area contributed by atoms with Crippen molar-refractivity contribution in [1.29, 1.82) is 0 Å². The maximum Gasteiger partial charge on any atom is 0.423 e. The van der Waals surface area contributed by atoms with E-state index in [0.717, 1.165) is 27.3 Å². The van der Waals surface area contributed by atoms with E-state index >= 15 is 0 Å². The van der Waals surface area contributed by atoms with Gasteiger partial charge in [0.25, 0.3) is 5.91 Å².